The molecule has 0 atom stereocenters. The molecular weight excluding hydrogens is 253 g/mol. The summed E-state index contributed by atoms with van der Waals surface area (Å²) in [5.41, 5.74) is 0. The van der Waals surface area contributed by atoms with Crippen molar-refractivity contribution in [1.82, 2.24) is 0 Å². The highest BCUT2D eigenvalue weighted by molar-refractivity contribution is 14.2. The summed E-state index contributed by atoms with van der Waals surface area (Å²) in [5, 5.41) is 8.46. The molecule has 0 amide bonds. The van der Waals surface area contributed by atoms with Crippen LogP contribution in [0.25, 0.3) is 0 Å². The van der Waals surface area contributed by atoms with Crippen molar-refractivity contribution in [2.75, 3.05) is 0 Å². The first-order valence-corrected chi connectivity index (χ1v) is 4.99. The van der Waals surface area contributed by atoms with Crippen molar-refractivity contribution in [3.8, 4) is 0 Å². The van der Waals surface area contributed by atoms with Gasteiger partial charge in [-0.15, -0.1) is 0 Å². The molecule has 0 fully saturated rings. The number of aliphatic carboxylic acids is 1. The van der Waals surface area contributed by atoms with Crippen molar-refractivity contribution in [1.29, 1.82) is 0 Å². The lowest BCUT2D eigenvalue weighted by molar-refractivity contribution is -0.131. The van der Waals surface area contributed by atoms with Gasteiger partial charge in [-0.3, -0.25) is 0 Å². The number of carbonyl (C=O) groups is 1. The number of carboxylic acids is 1. The van der Waals surface area contributed by atoms with Crippen molar-refractivity contribution in [3.05, 3.63) is 8.48 Å². The van der Waals surface area contributed by atoms with Crippen LogP contribution in [0, 0.1) is 0 Å². The van der Waals surface area contributed by atoms with Gasteiger partial charge in [-0.1, -0.05) is 0 Å². The Balaban J connectivity index is 2.85. The van der Waals surface area contributed by atoms with E-state index < -0.39 is 5.97 Å². The summed E-state index contributed by atoms with van der Waals surface area (Å²) in [4.78, 5) is 10.7. The highest BCUT2D eigenvalue weighted by atomic mass is 127. The number of hydrogen-bond acceptors (Lipinski definition) is 3. The van der Waals surface area contributed by atoms with Gasteiger partial charge in [-0.05, 0) is 6.92 Å². The predicted octanol–water partition coefficient (Wildman–Crippen LogP) is 2.12. The van der Waals surface area contributed by atoms with Gasteiger partial charge in [-0.25, -0.2) is 4.79 Å². The predicted molar refractivity (Wildman–Crippen MR) is 44.4 cm³/mol. The molecule has 0 aliphatic carbocycles. The Bertz CT molecular complexity index is 211. The van der Waals surface area contributed by atoms with Crippen LogP contribution in [-0.2, 0) is 4.79 Å². The van der Waals surface area contributed by atoms with E-state index in [1.54, 1.807) is 0 Å². The number of carboxylic acid groups (broad SMARTS) is 1. The third-order valence-electron chi connectivity index (χ3n) is 0.794. The molecule has 0 saturated heterocycles. The zero-order chi connectivity index (χ0) is 6.85. The number of hydrogen-bond donors (Lipinski definition) is 1. The van der Waals surface area contributed by atoms with E-state index in [1.807, 2.05) is 6.92 Å². The zero-order valence-corrected chi connectivity index (χ0v) is 7.56. The third kappa shape index (κ3) is 1.51. The largest absolute Gasteiger partial charge is 0.477 e. The van der Waals surface area contributed by atoms with Crippen LogP contribution in [0.1, 0.15) is 6.92 Å². The summed E-state index contributed by atoms with van der Waals surface area (Å²) in [6.45, 7) is 1.83. The van der Waals surface area contributed by atoms with E-state index in [0.29, 0.717) is 4.91 Å². The maximum absolute atomic E-state index is 10.3. The molecule has 1 heterocycles. The van der Waals surface area contributed by atoms with Crippen molar-refractivity contribution >= 4 is 39.0 Å². The minimum absolute atomic E-state index is 0.308. The lowest BCUT2D eigenvalue weighted by Crippen LogP contribution is -1.94. The van der Waals surface area contributed by atoms with E-state index in [9.17, 15) is 4.79 Å². The molecule has 1 rings (SSSR count). The Labute approximate surface area is 66.8 Å². The maximum Gasteiger partial charge on any atom is 0.344 e. The van der Waals surface area contributed by atoms with Gasteiger partial charge >= 0.3 is 5.97 Å². The molecule has 1 N–H and O–H groups in total. The summed E-state index contributed by atoms with van der Waals surface area (Å²) in [5.74, 6) is -0.835. The van der Waals surface area contributed by atoms with Crippen LogP contribution < -0.4 is 0 Å². The van der Waals surface area contributed by atoms with E-state index >= 15 is 0 Å². The lowest BCUT2D eigenvalue weighted by atomic mass is 10.5. The molecule has 0 aromatic carbocycles. The number of allylic oxidation sites excluding steroid dienone is 1. The highest BCUT2D eigenvalue weighted by Gasteiger charge is 2.15. The van der Waals surface area contributed by atoms with Gasteiger partial charge in [0.25, 0.3) is 0 Å². The number of halogens is 1. The van der Waals surface area contributed by atoms with Gasteiger partial charge in [0.15, 0.2) is 0 Å². The van der Waals surface area contributed by atoms with Crippen molar-refractivity contribution < 1.29 is 9.90 Å². The van der Waals surface area contributed by atoms with Crippen LogP contribution in [0.15, 0.2) is 11.0 Å². The molecule has 3 nitrogen and oxygen atoms in total. The maximum atomic E-state index is 10.3. The van der Waals surface area contributed by atoms with Crippen molar-refractivity contribution in [2.24, 2.45) is 2.55 Å². The van der Waals surface area contributed by atoms with E-state index in [1.165, 1.54) is 0 Å². The van der Waals surface area contributed by atoms with Crippen LogP contribution in [-0.4, -0.2) is 11.1 Å². The number of rotatable bonds is 1. The molecule has 9 heavy (non-hydrogen) atoms. The Morgan fingerprint density at radius 1 is 1.89 bits per heavy atom. The molecule has 0 unspecified atom stereocenters. The number of nitrogens with zero attached hydrogens (tertiary/aromatic N) is 1. The highest BCUT2D eigenvalue weighted by Crippen LogP contribution is 2.38. The smallest absolute Gasteiger partial charge is 0.344 e. The molecule has 0 aromatic rings. The summed E-state index contributed by atoms with van der Waals surface area (Å²) >= 11 is 0.805. The van der Waals surface area contributed by atoms with E-state index in [4.69, 9.17) is 5.11 Å². The van der Waals surface area contributed by atoms with Crippen LogP contribution in [0.5, 0.6) is 0 Å². The Morgan fingerprint density at radius 2 is 2.56 bits per heavy atom. The minimum atomic E-state index is -0.835. The third-order valence-corrected chi connectivity index (χ3v) is 4.41. The van der Waals surface area contributed by atoms with Crippen LogP contribution in [0.2, 0.25) is 0 Å². The van der Waals surface area contributed by atoms with E-state index in [2.05, 4.69) is 2.55 Å². The topological polar surface area (TPSA) is 49.7 Å². The molecule has 0 bridgehead atoms. The van der Waals surface area contributed by atoms with Crippen LogP contribution in [0.4, 0.5) is 0 Å². The Hall–Kier alpha value is 0.0900. The Kier molecular flexibility index (Phi) is 2.23. The first-order valence-electron chi connectivity index (χ1n) is 2.17. The van der Waals surface area contributed by atoms with Gasteiger partial charge in [-0.2, -0.15) is 2.55 Å². The summed E-state index contributed by atoms with van der Waals surface area (Å²) in [6, 6.07) is 0. The standard InChI is InChI=1S/C4H4INO2S/c1-2-3(4(7)8)9-6-5-2/h1H3,(H,7,8). The molecule has 0 radical (unpaired) electrons. The SMILES string of the molecule is CC1=C(C(=O)O)SN=I1. The van der Waals surface area contributed by atoms with Gasteiger partial charge in [0.1, 0.15) is 4.91 Å². The van der Waals surface area contributed by atoms with Gasteiger partial charge in [0, 0.05) is 36.6 Å². The molecule has 50 valence electrons. The monoisotopic (exact) mass is 257 g/mol. The first-order chi connectivity index (χ1) is 4.22. The average molecular weight is 257 g/mol. The summed E-state index contributed by atoms with van der Waals surface area (Å²) < 4.78 is 4.90. The van der Waals surface area contributed by atoms with E-state index in [0.717, 1.165) is 15.5 Å². The minimum Gasteiger partial charge on any atom is -0.477 e. The molecule has 0 spiro atoms. The fourth-order valence-corrected chi connectivity index (χ4v) is 3.55. The second kappa shape index (κ2) is 2.78. The second-order valence-corrected chi connectivity index (χ2v) is 5.42. The van der Waals surface area contributed by atoms with Gasteiger partial charge in [0.05, 0.1) is 0 Å². The van der Waals surface area contributed by atoms with Gasteiger partial charge < -0.3 is 5.11 Å². The zero-order valence-electron chi connectivity index (χ0n) is 4.59. The molecular formula is C4H4INO2S. The fraction of sp³-hybridized carbons (Fsp3) is 0.250. The Morgan fingerprint density at radius 3 is 2.78 bits per heavy atom. The first kappa shape index (κ1) is 7.20. The van der Waals surface area contributed by atoms with E-state index in [-0.39, 0.29) is 21.0 Å². The molecule has 5 heteroatoms. The molecule has 1 aliphatic heterocycles. The van der Waals surface area contributed by atoms with Crippen molar-refractivity contribution in [3.63, 3.8) is 0 Å². The summed E-state index contributed by atoms with van der Waals surface area (Å²) in [7, 11) is 0. The van der Waals surface area contributed by atoms with Crippen molar-refractivity contribution in [2.45, 2.75) is 6.92 Å². The quantitative estimate of drug-likeness (QED) is 0.578. The fourth-order valence-electron chi connectivity index (χ4n) is 0.391. The molecule has 0 aromatic heterocycles. The van der Waals surface area contributed by atoms with Crippen LogP contribution >= 0.6 is 33.0 Å². The normalized spacial score (nSPS) is 17.9. The van der Waals surface area contributed by atoms with Crippen LogP contribution in [0.3, 0.4) is 0 Å². The average Bonchev–Trinajstić information content (AvgIpc) is 2.13. The second-order valence-electron chi connectivity index (χ2n) is 1.41. The molecule has 0 saturated carbocycles. The lowest BCUT2D eigenvalue weighted by Gasteiger charge is -1.88. The van der Waals surface area contributed by atoms with Gasteiger partial charge in [0.2, 0.25) is 0 Å². The summed E-state index contributed by atoms with van der Waals surface area (Å²) in [6.07, 6.45) is 0. The molecule has 1 aliphatic rings.